The zero-order chi connectivity index (χ0) is 24.7. The van der Waals surface area contributed by atoms with Crippen molar-refractivity contribution in [2.75, 3.05) is 11.1 Å². The zero-order valence-electron chi connectivity index (χ0n) is 19.0. The Labute approximate surface area is 199 Å². The van der Waals surface area contributed by atoms with Gasteiger partial charge in [-0.15, -0.1) is 0 Å². The van der Waals surface area contributed by atoms with Crippen LogP contribution in [0.5, 0.6) is 5.75 Å². The molecule has 0 radical (unpaired) electrons. The lowest BCUT2D eigenvalue weighted by atomic mass is 10.1. The molecule has 176 valence electrons. The van der Waals surface area contributed by atoms with Crippen molar-refractivity contribution in [1.82, 2.24) is 24.1 Å². The van der Waals surface area contributed by atoms with E-state index in [0.29, 0.717) is 34.0 Å². The molecule has 0 spiro atoms. The number of phenolic OH excluding ortho intramolecular Hbond substituents is 1. The van der Waals surface area contributed by atoms with Crippen molar-refractivity contribution in [2.24, 2.45) is 0 Å². The maximum atomic E-state index is 14.1. The molecule has 5 rings (SSSR count). The summed E-state index contributed by atoms with van der Waals surface area (Å²) in [7, 11) is 0. The van der Waals surface area contributed by atoms with Crippen LogP contribution in [0.4, 0.5) is 16.0 Å². The number of nitrogens with zero attached hydrogens (tertiary/aromatic N) is 5. The molecule has 5 aromatic rings. The van der Waals surface area contributed by atoms with Crippen molar-refractivity contribution in [1.29, 1.82) is 0 Å². The van der Waals surface area contributed by atoms with Crippen LogP contribution in [0.1, 0.15) is 24.4 Å². The lowest BCUT2D eigenvalue weighted by molar-refractivity contribution is 0.432. The third-order valence-corrected chi connectivity index (χ3v) is 5.78. The molecule has 0 aliphatic carbocycles. The molecule has 0 saturated carbocycles. The quantitative estimate of drug-likeness (QED) is 0.356. The molecule has 0 aliphatic rings. The van der Waals surface area contributed by atoms with Gasteiger partial charge in [-0.05, 0) is 55.3 Å². The second kappa shape index (κ2) is 8.56. The van der Waals surface area contributed by atoms with Crippen molar-refractivity contribution < 1.29 is 9.50 Å². The van der Waals surface area contributed by atoms with Crippen LogP contribution in [0.25, 0.3) is 22.3 Å². The number of aromatic nitrogens is 5. The van der Waals surface area contributed by atoms with Gasteiger partial charge in [-0.1, -0.05) is 24.3 Å². The fourth-order valence-electron chi connectivity index (χ4n) is 4.06. The molecule has 4 N–H and O–H groups in total. The average molecular weight is 471 g/mol. The maximum Gasteiger partial charge on any atom is 0.282 e. The number of halogens is 1. The highest BCUT2D eigenvalue weighted by Crippen LogP contribution is 2.34. The number of fused-ring (bicyclic) bond motifs is 1. The molecule has 3 heterocycles. The van der Waals surface area contributed by atoms with Gasteiger partial charge in [0.05, 0.1) is 17.3 Å². The van der Waals surface area contributed by atoms with Gasteiger partial charge in [0, 0.05) is 6.20 Å². The van der Waals surface area contributed by atoms with Crippen LogP contribution in [-0.2, 0) is 0 Å². The molecule has 9 nitrogen and oxygen atoms in total. The topological polar surface area (TPSA) is 123 Å². The first-order chi connectivity index (χ1) is 16.8. The van der Waals surface area contributed by atoms with Crippen LogP contribution >= 0.6 is 0 Å². The summed E-state index contributed by atoms with van der Waals surface area (Å²) in [4.78, 5) is 21.9. The van der Waals surface area contributed by atoms with Crippen LogP contribution in [0.2, 0.25) is 0 Å². The van der Waals surface area contributed by atoms with Crippen LogP contribution in [0.3, 0.4) is 0 Å². The highest BCUT2D eigenvalue weighted by atomic mass is 19.1. The Bertz CT molecular complexity index is 1610. The maximum absolute atomic E-state index is 14.1. The highest BCUT2D eigenvalue weighted by molar-refractivity contribution is 5.83. The van der Waals surface area contributed by atoms with Crippen LogP contribution in [0, 0.1) is 12.7 Å². The number of aromatic hydroxyl groups is 1. The van der Waals surface area contributed by atoms with Gasteiger partial charge in [0.15, 0.2) is 17.4 Å². The predicted molar refractivity (Wildman–Crippen MR) is 131 cm³/mol. The number of anilines is 2. The highest BCUT2D eigenvalue weighted by Gasteiger charge is 2.22. The van der Waals surface area contributed by atoms with Gasteiger partial charge in [0.2, 0.25) is 0 Å². The summed E-state index contributed by atoms with van der Waals surface area (Å²) >= 11 is 0. The van der Waals surface area contributed by atoms with Crippen LogP contribution in [-0.4, -0.2) is 29.3 Å². The molecule has 0 fully saturated rings. The number of benzene rings is 2. The van der Waals surface area contributed by atoms with Crippen molar-refractivity contribution in [2.45, 2.75) is 19.9 Å². The van der Waals surface area contributed by atoms with Crippen LogP contribution in [0.15, 0.2) is 71.9 Å². The molecule has 2 aromatic carbocycles. The third-order valence-electron chi connectivity index (χ3n) is 5.78. The van der Waals surface area contributed by atoms with E-state index in [1.54, 1.807) is 15.3 Å². The van der Waals surface area contributed by atoms with Gasteiger partial charge in [0.25, 0.3) is 5.56 Å². The summed E-state index contributed by atoms with van der Waals surface area (Å²) in [6, 6.07) is 14.5. The smallest absolute Gasteiger partial charge is 0.282 e. The van der Waals surface area contributed by atoms with Crippen molar-refractivity contribution >= 4 is 17.2 Å². The number of aryl methyl sites for hydroxylation is 1. The monoisotopic (exact) mass is 471 g/mol. The molecular formula is C25H22FN7O2. The van der Waals surface area contributed by atoms with E-state index in [4.69, 9.17) is 10.8 Å². The number of nitrogens with one attached hydrogen (secondary N) is 1. The molecular weight excluding hydrogens is 449 g/mol. The van der Waals surface area contributed by atoms with E-state index < -0.39 is 17.6 Å². The minimum Gasteiger partial charge on any atom is -0.505 e. The molecule has 1 unspecified atom stereocenters. The molecule has 1 atom stereocenters. The number of nitrogens with two attached hydrogens (primary N) is 1. The van der Waals surface area contributed by atoms with E-state index >= 15 is 0 Å². The van der Waals surface area contributed by atoms with Gasteiger partial charge in [-0.2, -0.15) is 5.10 Å². The molecule has 10 heteroatoms. The number of hydrogen-bond donors (Lipinski definition) is 3. The zero-order valence-corrected chi connectivity index (χ0v) is 19.0. The Morgan fingerprint density at radius 3 is 2.63 bits per heavy atom. The number of para-hydroxylation sites is 1. The Kier molecular flexibility index (Phi) is 5.40. The molecule has 0 amide bonds. The number of rotatable bonds is 5. The standard InChI is InChI=1S/C25H22FN7O2/c1-14-10-11-32-21(14)25(35)33(17-6-4-3-5-7-17)24(31-32)15(2)30-23-20(22(27)28-13-29-23)16-8-9-19(34)18(26)12-16/h3-13,15,34H,1-2H3,(H3,27,28,29,30). The molecule has 0 saturated heterocycles. The lowest BCUT2D eigenvalue weighted by Crippen LogP contribution is -2.29. The normalized spacial score (nSPS) is 12.1. The van der Waals surface area contributed by atoms with Crippen molar-refractivity contribution in [3.05, 3.63) is 94.7 Å². The van der Waals surface area contributed by atoms with E-state index in [-0.39, 0.29) is 11.4 Å². The first-order valence-electron chi connectivity index (χ1n) is 10.9. The molecule has 0 bridgehead atoms. The van der Waals surface area contributed by atoms with Gasteiger partial charge in [-0.3, -0.25) is 9.36 Å². The number of phenols is 1. The van der Waals surface area contributed by atoms with Crippen molar-refractivity contribution in [3.63, 3.8) is 0 Å². The first kappa shape index (κ1) is 22.1. The van der Waals surface area contributed by atoms with E-state index in [9.17, 15) is 14.3 Å². The van der Waals surface area contributed by atoms with E-state index in [1.807, 2.05) is 50.2 Å². The summed E-state index contributed by atoms with van der Waals surface area (Å²) < 4.78 is 17.2. The molecule has 3 aromatic heterocycles. The number of hydrogen-bond acceptors (Lipinski definition) is 7. The summed E-state index contributed by atoms with van der Waals surface area (Å²) in [6.07, 6.45) is 3.03. The van der Waals surface area contributed by atoms with E-state index in [2.05, 4.69) is 15.3 Å². The van der Waals surface area contributed by atoms with Crippen LogP contribution < -0.4 is 16.6 Å². The fraction of sp³-hybridized carbons (Fsp3) is 0.120. The Balaban J connectivity index is 1.65. The summed E-state index contributed by atoms with van der Waals surface area (Å²) in [5.74, 6) is -0.377. The largest absolute Gasteiger partial charge is 0.505 e. The van der Waals surface area contributed by atoms with Gasteiger partial charge >= 0.3 is 0 Å². The minimum atomic E-state index is -0.794. The predicted octanol–water partition coefficient (Wildman–Crippen LogP) is 3.85. The first-order valence-corrected chi connectivity index (χ1v) is 10.9. The van der Waals surface area contributed by atoms with Gasteiger partial charge in [0.1, 0.15) is 23.5 Å². The second-order valence-electron chi connectivity index (χ2n) is 8.14. The van der Waals surface area contributed by atoms with Gasteiger partial charge in [-0.25, -0.2) is 18.9 Å². The van der Waals surface area contributed by atoms with E-state index in [1.165, 1.54) is 18.5 Å². The second-order valence-corrected chi connectivity index (χ2v) is 8.14. The Hall–Kier alpha value is -4.73. The third kappa shape index (κ3) is 3.84. The summed E-state index contributed by atoms with van der Waals surface area (Å²) in [5.41, 5.74) is 8.64. The van der Waals surface area contributed by atoms with E-state index in [0.717, 1.165) is 11.6 Å². The Morgan fingerprint density at radius 1 is 1.11 bits per heavy atom. The Morgan fingerprint density at radius 2 is 1.89 bits per heavy atom. The SMILES string of the molecule is Cc1ccn2nc(C(C)Nc3ncnc(N)c3-c3ccc(O)c(F)c3)n(-c3ccccc3)c(=O)c12. The average Bonchev–Trinajstić information content (AvgIpc) is 3.22. The molecule has 0 aliphatic heterocycles. The van der Waals surface area contributed by atoms with Crippen molar-refractivity contribution in [3.8, 4) is 22.6 Å². The summed E-state index contributed by atoms with van der Waals surface area (Å²) in [5, 5.41) is 17.6. The number of nitrogen functional groups attached to an aromatic ring is 1. The lowest BCUT2D eigenvalue weighted by Gasteiger charge is -2.21. The fourth-order valence-corrected chi connectivity index (χ4v) is 4.06. The summed E-state index contributed by atoms with van der Waals surface area (Å²) in [6.45, 7) is 3.70. The van der Waals surface area contributed by atoms with Gasteiger partial charge < -0.3 is 16.2 Å². The molecule has 35 heavy (non-hydrogen) atoms. The minimum absolute atomic E-state index is 0.129.